The van der Waals surface area contributed by atoms with Gasteiger partial charge in [0.25, 0.3) is 0 Å². The van der Waals surface area contributed by atoms with Gasteiger partial charge in [-0.1, -0.05) is 48.9 Å². The summed E-state index contributed by atoms with van der Waals surface area (Å²) in [6, 6.07) is 11.4. The van der Waals surface area contributed by atoms with Crippen LogP contribution in [0.1, 0.15) is 13.3 Å². The quantitative estimate of drug-likeness (QED) is 0.825. The lowest BCUT2D eigenvalue weighted by Crippen LogP contribution is -2.24. The highest BCUT2D eigenvalue weighted by atomic mass is 35.5. The molecule has 2 rings (SSSR count). The Morgan fingerprint density at radius 2 is 2.00 bits per heavy atom. The predicted molar refractivity (Wildman–Crippen MR) is 77.3 cm³/mol. The van der Waals surface area contributed by atoms with Crippen molar-refractivity contribution >= 4 is 17.5 Å². The van der Waals surface area contributed by atoms with E-state index in [1.807, 2.05) is 37.3 Å². The smallest absolute Gasteiger partial charge is 0.224 e. The van der Waals surface area contributed by atoms with E-state index < -0.39 is 0 Å². The van der Waals surface area contributed by atoms with Gasteiger partial charge < -0.3 is 10.4 Å². The van der Waals surface area contributed by atoms with Gasteiger partial charge in [0.15, 0.2) is 0 Å². The van der Waals surface area contributed by atoms with Crippen molar-refractivity contribution in [2.45, 2.75) is 19.4 Å². The van der Waals surface area contributed by atoms with Crippen molar-refractivity contribution in [1.82, 2.24) is 9.97 Å². The average Bonchev–Trinajstić information content (AvgIpc) is 2.45. The first kappa shape index (κ1) is 13.8. The number of benzene rings is 1. The summed E-state index contributed by atoms with van der Waals surface area (Å²) in [7, 11) is 0. The monoisotopic (exact) mass is 277 g/mol. The lowest BCUT2D eigenvalue weighted by atomic mass is 10.1. The van der Waals surface area contributed by atoms with E-state index in [2.05, 4.69) is 15.3 Å². The van der Waals surface area contributed by atoms with Gasteiger partial charge in [0.1, 0.15) is 5.15 Å². The fourth-order valence-corrected chi connectivity index (χ4v) is 1.88. The summed E-state index contributed by atoms with van der Waals surface area (Å²) >= 11 is 6.02. The Bertz CT molecular complexity index is 529. The van der Waals surface area contributed by atoms with E-state index in [0.717, 1.165) is 17.7 Å². The number of aliphatic hydroxyl groups is 1. The minimum atomic E-state index is -0.0675. The largest absolute Gasteiger partial charge is 0.394 e. The van der Waals surface area contributed by atoms with E-state index in [-0.39, 0.29) is 12.6 Å². The van der Waals surface area contributed by atoms with Gasteiger partial charge in [-0.05, 0) is 6.42 Å². The molecule has 19 heavy (non-hydrogen) atoms. The Labute approximate surface area is 117 Å². The highest BCUT2D eigenvalue weighted by Gasteiger charge is 2.09. The van der Waals surface area contributed by atoms with Crippen molar-refractivity contribution in [3.05, 3.63) is 41.6 Å². The second-order valence-electron chi connectivity index (χ2n) is 4.20. The Balaban J connectivity index is 2.30. The molecule has 1 aromatic carbocycles. The van der Waals surface area contributed by atoms with Crippen LogP contribution >= 0.6 is 11.6 Å². The molecule has 1 atom stereocenters. The molecule has 0 amide bonds. The minimum absolute atomic E-state index is 0.0348. The van der Waals surface area contributed by atoms with Gasteiger partial charge in [0.05, 0.1) is 18.3 Å². The molecular formula is C14H16ClN3O. The molecule has 2 N–H and O–H groups in total. The van der Waals surface area contributed by atoms with Gasteiger partial charge in [-0.25, -0.2) is 9.97 Å². The summed E-state index contributed by atoms with van der Waals surface area (Å²) in [5, 5.41) is 12.6. The molecule has 1 aromatic heterocycles. The molecule has 0 fully saturated rings. The number of nitrogens with one attached hydrogen (secondary N) is 1. The van der Waals surface area contributed by atoms with E-state index in [4.69, 9.17) is 11.6 Å². The maximum atomic E-state index is 9.19. The van der Waals surface area contributed by atoms with Gasteiger partial charge in [-0.2, -0.15) is 0 Å². The second-order valence-corrected chi connectivity index (χ2v) is 4.58. The maximum Gasteiger partial charge on any atom is 0.224 e. The summed E-state index contributed by atoms with van der Waals surface area (Å²) in [6.45, 7) is 2.02. The van der Waals surface area contributed by atoms with Crippen LogP contribution in [0.5, 0.6) is 0 Å². The molecule has 0 radical (unpaired) electrons. The molecule has 0 bridgehead atoms. The second kappa shape index (κ2) is 6.50. The van der Waals surface area contributed by atoms with Crippen molar-refractivity contribution in [3.63, 3.8) is 0 Å². The van der Waals surface area contributed by atoms with Crippen molar-refractivity contribution in [3.8, 4) is 11.3 Å². The first-order valence-electron chi connectivity index (χ1n) is 6.20. The molecule has 1 heterocycles. The number of hydrogen-bond acceptors (Lipinski definition) is 4. The van der Waals surface area contributed by atoms with Crippen molar-refractivity contribution in [2.24, 2.45) is 0 Å². The zero-order valence-corrected chi connectivity index (χ0v) is 11.4. The van der Waals surface area contributed by atoms with Gasteiger partial charge in [-0.15, -0.1) is 0 Å². The van der Waals surface area contributed by atoms with Crippen LogP contribution in [-0.4, -0.2) is 27.7 Å². The molecule has 0 spiro atoms. The molecular weight excluding hydrogens is 262 g/mol. The van der Waals surface area contributed by atoms with Crippen molar-refractivity contribution in [1.29, 1.82) is 0 Å². The third-order valence-electron chi connectivity index (χ3n) is 2.81. The lowest BCUT2D eigenvalue weighted by Gasteiger charge is -2.14. The topological polar surface area (TPSA) is 58.0 Å². The van der Waals surface area contributed by atoms with Crippen LogP contribution in [0, 0.1) is 0 Å². The summed E-state index contributed by atoms with van der Waals surface area (Å²) < 4.78 is 0. The van der Waals surface area contributed by atoms with Gasteiger partial charge in [0, 0.05) is 11.6 Å². The molecule has 2 aromatic rings. The van der Waals surface area contributed by atoms with Crippen molar-refractivity contribution in [2.75, 3.05) is 11.9 Å². The lowest BCUT2D eigenvalue weighted by molar-refractivity contribution is 0.271. The molecule has 0 aliphatic carbocycles. The van der Waals surface area contributed by atoms with Crippen LogP contribution in [-0.2, 0) is 0 Å². The molecule has 0 saturated carbocycles. The number of anilines is 1. The molecule has 5 heteroatoms. The third-order valence-corrected chi connectivity index (χ3v) is 3.00. The Kier molecular flexibility index (Phi) is 4.71. The van der Waals surface area contributed by atoms with E-state index in [9.17, 15) is 5.11 Å². The van der Waals surface area contributed by atoms with Gasteiger partial charge in [0.2, 0.25) is 5.95 Å². The number of aliphatic hydroxyl groups excluding tert-OH is 1. The van der Waals surface area contributed by atoms with Gasteiger partial charge >= 0.3 is 0 Å². The number of hydrogen-bond donors (Lipinski definition) is 2. The molecule has 0 aliphatic heterocycles. The molecule has 4 nitrogen and oxygen atoms in total. The average molecular weight is 278 g/mol. The zero-order chi connectivity index (χ0) is 13.7. The summed E-state index contributed by atoms with van der Waals surface area (Å²) in [6.07, 6.45) is 0.785. The highest BCUT2D eigenvalue weighted by molar-refractivity contribution is 6.29. The number of rotatable bonds is 5. The van der Waals surface area contributed by atoms with Gasteiger partial charge in [-0.3, -0.25) is 0 Å². The predicted octanol–water partition coefficient (Wildman–Crippen LogP) is 2.98. The summed E-state index contributed by atoms with van der Waals surface area (Å²) in [5.41, 5.74) is 1.74. The standard InChI is InChI=1S/C14H16ClN3O/c1-2-11(9-19)16-14-17-12(8-13(15)18-14)10-6-4-3-5-7-10/h3-8,11,19H,2,9H2,1H3,(H,16,17,18). The van der Waals surface area contributed by atoms with Crippen LogP contribution in [0.4, 0.5) is 5.95 Å². The van der Waals surface area contributed by atoms with E-state index >= 15 is 0 Å². The maximum absolute atomic E-state index is 9.19. The Morgan fingerprint density at radius 1 is 1.26 bits per heavy atom. The molecule has 0 saturated heterocycles. The normalized spacial score (nSPS) is 12.2. The van der Waals surface area contributed by atoms with Crippen LogP contribution in [0.15, 0.2) is 36.4 Å². The van der Waals surface area contributed by atoms with Crippen LogP contribution in [0.2, 0.25) is 5.15 Å². The molecule has 100 valence electrons. The van der Waals surface area contributed by atoms with Crippen LogP contribution in [0.25, 0.3) is 11.3 Å². The fourth-order valence-electron chi connectivity index (χ4n) is 1.70. The molecule has 1 unspecified atom stereocenters. The fraction of sp³-hybridized carbons (Fsp3) is 0.286. The number of nitrogens with zero attached hydrogens (tertiary/aromatic N) is 2. The number of halogens is 1. The first-order valence-corrected chi connectivity index (χ1v) is 6.58. The SMILES string of the molecule is CCC(CO)Nc1nc(Cl)cc(-c2ccccc2)n1. The zero-order valence-electron chi connectivity index (χ0n) is 10.7. The van der Waals surface area contributed by atoms with Crippen LogP contribution < -0.4 is 5.32 Å². The van der Waals surface area contributed by atoms with E-state index in [0.29, 0.717) is 11.1 Å². The van der Waals surface area contributed by atoms with E-state index in [1.54, 1.807) is 6.07 Å². The Morgan fingerprint density at radius 3 is 2.63 bits per heavy atom. The summed E-state index contributed by atoms with van der Waals surface area (Å²) in [4.78, 5) is 8.55. The van der Waals surface area contributed by atoms with Crippen molar-refractivity contribution < 1.29 is 5.11 Å². The first-order chi connectivity index (χ1) is 9.22. The third kappa shape index (κ3) is 3.66. The minimum Gasteiger partial charge on any atom is -0.394 e. The highest BCUT2D eigenvalue weighted by Crippen LogP contribution is 2.21. The molecule has 0 aliphatic rings. The number of aromatic nitrogens is 2. The Hall–Kier alpha value is -1.65. The van der Waals surface area contributed by atoms with Crippen LogP contribution in [0.3, 0.4) is 0 Å². The van der Waals surface area contributed by atoms with E-state index in [1.165, 1.54) is 0 Å². The summed E-state index contributed by atoms with van der Waals surface area (Å²) in [5.74, 6) is 0.437.